The van der Waals surface area contributed by atoms with E-state index in [1.165, 1.54) is 0 Å². The fourth-order valence-corrected chi connectivity index (χ4v) is 5.58. The van der Waals surface area contributed by atoms with Gasteiger partial charge in [0.15, 0.2) is 0 Å². The number of benzene rings is 2. The number of hydrogen-bond acceptors (Lipinski definition) is 4. The van der Waals surface area contributed by atoms with Crippen molar-refractivity contribution in [2.45, 2.75) is 27.7 Å². The second-order valence-corrected chi connectivity index (χ2v) is 8.72. The minimum Gasteiger partial charge on any atom is -0.387 e. The van der Waals surface area contributed by atoms with E-state index in [9.17, 15) is 0 Å². The molecule has 0 N–H and O–H groups in total. The summed E-state index contributed by atoms with van der Waals surface area (Å²) in [6, 6.07) is 0. The van der Waals surface area contributed by atoms with E-state index in [4.69, 9.17) is 20.0 Å². The summed E-state index contributed by atoms with van der Waals surface area (Å²) in [6.07, 6.45) is 3.47. The highest BCUT2D eigenvalue weighted by atomic mass is 79.9. The predicted molar refractivity (Wildman–Crippen MR) is 114 cm³/mol. The number of nitrogens with zero attached hydrogens (tertiary/aromatic N) is 2. The fourth-order valence-electron chi connectivity index (χ4n) is 2.74. The van der Waals surface area contributed by atoms with Crippen LogP contribution < -0.4 is 9.47 Å². The van der Waals surface area contributed by atoms with Gasteiger partial charge in [-0.15, -0.1) is 10.5 Å². The molecule has 2 aromatic rings. The van der Waals surface area contributed by atoms with Crippen LogP contribution in [0.1, 0.15) is 22.3 Å². The summed E-state index contributed by atoms with van der Waals surface area (Å²) < 4.78 is 13.5. The largest absolute Gasteiger partial charge is 0.387 e. The van der Waals surface area contributed by atoms with Gasteiger partial charge in [0.25, 0.3) is 12.5 Å². The summed E-state index contributed by atoms with van der Waals surface area (Å²) >= 11 is 14.6. The third kappa shape index (κ3) is 3.41. The molecular weight excluding hydrogens is 596 g/mol. The van der Waals surface area contributed by atoms with Crippen molar-refractivity contribution in [1.29, 1.82) is 10.5 Å². The molecule has 2 rings (SSSR count). The van der Waals surface area contributed by atoms with Crippen molar-refractivity contribution in [3.63, 3.8) is 0 Å². The van der Waals surface area contributed by atoms with Gasteiger partial charge in [0.05, 0.1) is 0 Å². The Morgan fingerprint density at radius 1 is 0.577 bits per heavy atom. The lowest BCUT2D eigenvalue weighted by molar-refractivity contribution is 0.497. The molecule has 0 radical (unpaired) electrons. The van der Waals surface area contributed by atoms with Crippen LogP contribution in [0, 0.1) is 50.7 Å². The first-order valence-corrected chi connectivity index (χ1v) is 10.4. The SMILES string of the molecule is Cc1c(Br)c(-c2c(Br)c(C)c(OC#N)c(C)c2Br)c(Br)c(C)c1OC#N. The summed E-state index contributed by atoms with van der Waals surface area (Å²) in [4.78, 5) is 0. The summed E-state index contributed by atoms with van der Waals surface area (Å²) in [5, 5.41) is 17.8. The highest BCUT2D eigenvalue weighted by molar-refractivity contribution is 9.11. The minimum atomic E-state index is 0.514. The highest BCUT2D eigenvalue weighted by Gasteiger charge is 2.26. The first-order valence-electron chi connectivity index (χ1n) is 7.27. The quantitative estimate of drug-likeness (QED) is 0.342. The van der Waals surface area contributed by atoms with Crippen LogP contribution in [0.3, 0.4) is 0 Å². The zero-order valence-electron chi connectivity index (χ0n) is 14.2. The van der Waals surface area contributed by atoms with Gasteiger partial charge >= 0.3 is 0 Å². The van der Waals surface area contributed by atoms with Gasteiger partial charge < -0.3 is 9.47 Å². The summed E-state index contributed by atoms with van der Waals surface area (Å²) in [7, 11) is 0. The third-order valence-electron chi connectivity index (χ3n) is 4.10. The average molecular weight is 608 g/mol. The maximum Gasteiger partial charge on any atom is 0.292 e. The lowest BCUT2D eigenvalue weighted by Gasteiger charge is -2.21. The second-order valence-electron chi connectivity index (χ2n) is 5.55. The van der Waals surface area contributed by atoms with Crippen LogP contribution in [-0.4, -0.2) is 0 Å². The van der Waals surface area contributed by atoms with E-state index in [-0.39, 0.29) is 0 Å². The molecule has 0 saturated heterocycles. The molecule has 0 aromatic heterocycles. The molecule has 0 fully saturated rings. The van der Waals surface area contributed by atoms with E-state index < -0.39 is 0 Å². The molecule has 0 atom stereocenters. The number of hydrogen-bond donors (Lipinski definition) is 0. The molecule has 4 nitrogen and oxygen atoms in total. The summed E-state index contributed by atoms with van der Waals surface area (Å²) in [5.41, 5.74) is 5.06. The minimum absolute atomic E-state index is 0.514. The monoisotopic (exact) mass is 604 g/mol. The maximum atomic E-state index is 8.92. The van der Waals surface area contributed by atoms with Gasteiger partial charge in [-0.3, -0.25) is 0 Å². The molecular formula is C18H12Br4N2O2. The van der Waals surface area contributed by atoms with Gasteiger partial charge in [-0.1, -0.05) is 0 Å². The average Bonchev–Trinajstić information content (AvgIpc) is 2.62. The Bertz CT molecular complexity index is 865. The Hall–Kier alpha value is -1.06. The lowest BCUT2D eigenvalue weighted by atomic mass is 9.96. The van der Waals surface area contributed by atoms with Crippen molar-refractivity contribution in [3.8, 4) is 35.1 Å². The van der Waals surface area contributed by atoms with E-state index in [0.717, 1.165) is 51.3 Å². The van der Waals surface area contributed by atoms with Crippen molar-refractivity contribution in [1.82, 2.24) is 0 Å². The van der Waals surface area contributed by atoms with Gasteiger partial charge in [0.2, 0.25) is 0 Å². The van der Waals surface area contributed by atoms with E-state index in [1.54, 1.807) is 12.5 Å². The smallest absolute Gasteiger partial charge is 0.292 e. The van der Waals surface area contributed by atoms with Crippen LogP contribution in [0.25, 0.3) is 11.1 Å². The molecule has 0 amide bonds. The Labute approximate surface area is 185 Å². The summed E-state index contributed by atoms with van der Waals surface area (Å²) in [6.45, 7) is 7.53. The number of rotatable bonds is 3. The first-order chi connectivity index (χ1) is 12.2. The predicted octanol–water partition coefficient (Wildman–Crippen LogP) is 7.36. The van der Waals surface area contributed by atoms with Crippen LogP contribution in [0.4, 0.5) is 0 Å². The molecule has 0 aliphatic heterocycles. The number of halogens is 4. The van der Waals surface area contributed by atoms with Crippen LogP contribution in [-0.2, 0) is 0 Å². The van der Waals surface area contributed by atoms with Gasteiger partial charge in [-0.2, -0.15) is 0 Å². The van der Waals surface area contributed by atoms with Gasteiger partial charge in [-0.25, -0.2) is 0 Å². The Kier molecular flexibility index (Phi) is 6.79. The molecule has 134 valence electrons. The highest BCUT2D eigenvalue weighted by Crippen LogP contribution is 2.52. The van der Waals surface area contributed by atoms with Gasteiger partial charge in [0, 0.05) is 51.3 Å². The van der Waals surface area contributed by atoms with Crippen molar-refractivity contribution in [3.05, 3.63) is 40.1 Å². The van der Waals surface area contributed by atoms with Crippen molar-refractivity contribution < 1.29 is 9.47 Å². The van der Waals surface area contributed by atoms with E-state index in [2.05, 4.69) is 63.7 Å². The molecule has 0 aliphatic rings. The molecule has 0 heterocycles. The first kappa shape index (κ1) is 21.2. The van der Waals surface area contributed by atoms with E-state index >= 15 is 0 Å². The Balaban J connectivity index is 2.96. The third-order valence-corrected chi connectivity index (χ3v) is 8.07. The normalized spacial score (nSPS) is 10.2. The molecule has 0 bridgehead atoms. The molecule has 8 heteroatoms. The van der Waals surface area contributed by atoms with Crippen molar-refractivity contribution >= 4 is 63.7 Å². The number of ether oxygens (including phenoxy) is 2. The van der Waals surface area contributed by atoms with Crippen molar-refractivity contribution in [2.24, 2.45) is 0 Å². The number of nitriles is 2. The standard InChI is InChI=1S/C18H12Br4N2O2/c1-7-13(19)11(14(20)8(2)17(7)25-5-23)12-15(21)9(3)18(26-6-24)10(4)16(12)22/h1-4H3. The van der Waals surface area contributed by atoms with E-state index in [1.807, 2.05) is 27.7 Å². The Morgan fingerprint density at radius 3 is 1.00 bits per heavy atom. The Morgan fingerprint density at radius 2 is 0.808 bits per heavy atom. The van der Waals surface area contributed by atoms with Crippen LogP contribution in [0.15, 0.2) is 17.9 Å². The molecule has 0 unspecified atom stereocenters. The van der Waals surface area contributed by atoms with Crippen molar-refractivity contribution in [2.75, 3.05) is 0 Å². The van der Waals surface area contributed by atoms with Crippen LogP contribution in [0.2, 0.25) is 0 Å². The molecule has 0 aliphatic carbocycles. The topological polar surface area (TPSA) is 66.0 Å². The zero-order chi connectivity index (χ0) is 19.8. The fraction of sp³-hybridized carbons (Fsp3) is 0.222. The zero-order valence-corrected chi connectivity index (χ0v) is 20.6. The van der Waals surface area contributed by atoms with Crippen LogP contribution >= 0.6 is 63.7 Å². The summed E-state index contributed by atoms with van der Waals surface area (Å²) in [5.74, 6) is 1.03. The van der Waals surface area contributed by atoms with Crippen LogP contribution in [0.5, 0.6) is 11.5 Å². The molecule has 26 heavy (non-hydrogen) atoms. The molecule has 0 spiro atoms. The molecule has 2 aromatic carbocycles. The maximum absolute atomic E-state index is 8.92. The van der Waals surface area contributed by atoms with Gasteiger partial charge in [-0.05, 0) is 91.4 Å². The lowest BCUT2D eigenvalue weighted by Crippen LogP contribution is -2.00. The van der Waals surface area contributed by atoms with Gasteiger partial charge in [0.1, 0.15) is 11.5 Å². The molecule has 0 saturated carbocycles. The van der Waals surface area contributed by atoms with E-state index in [0.29, 0.717) is 11.5 Å². The second kappa shape index (κ2) is 8.31.